The van der Waals surface area contributed by atoms with Crippen molar-refractivity contribution in [3.05, 3.63) is 58.4 Å². The number of carbonyl (C=O) groups excluding carboxylic acids is 2. The van der Waals surface area contributed by atoms with Crippen molar-refractivity contribution in [3.63, 3.8) is 0 Å². The number of para-hydroxylation sites is 1. The SMILES string of the molecule is CCC(=O)Oc1ccc(OC)cc1C1N(C(=O)CC)c2ccccc2-c2c(=O)[nH]c(SC)n[n+]21. The zero-order valence-electron chi connectivity index (χ0n) is 19.3. The van der Waals surface area contributed by atoms with Gasteiger partial charge in [-0.25, -0.2) is 4.90 Å². The second-order valence-electron chi connectivity index (χ2n) is 7.50. The molecule has 34 heavy (non-hydrogen) atoms. The molecule has 1 unspecified atom stereocenters. The summed E-state index contributed by atoms with van der Waals surface area (Å²) in [5, 5.41) is 5.05. The van der Waals surface area contributed by atoms with Crippen LogP contribution in [0.2, 0.25) is 0 Å². The van der Waals surface area contributed by atoms with Crippen LogP contribution in [0.3, 0.4) is 0 Å². The Kier molecular flexibility index (Phi) is 6.69. The number of anilines is 1. The summed E-state index contributed by atoms with van der Waals surface area (Å²) in [7, 11) is 1.53. The lowest BCUT2D eigenvalue weighted by Gasteiger charge is -2.32. The fraction of sp³-hybridized carbons (Fsp3) is 0.292. The molecule has 2 heterocycles. The Morgan fingerprint density at radius 3 is 2.62 bits per heavy atom. The molecule has 0 radical (unpaired) electrons. The molecule has 0 saturated heterocycles. The van der Waals surface area contributed by atoms with Crippen LogP contribution in [-0.2, 0) is 9.59 Å². The molecule has 0 bridgehead atoms. The van der Waals surface area contributed by atoms with E-state index < -0.39 is 12.1 Å². The highest BCUT2D eigenvalue weighted by Gasteiger charge is 2.46. The van der Waals surface area contributed by atoms with Gasteiger partial charge in [0.1, 0.15) is 11.5 Å². The van der Waals surface area contributed by atoms with Gasteiger partial charge in [-0.15, -0.1) is 0 Å². The number of aromatic amines is 1. The number of hydrogen-bond acceptors (Lipinski definition) is 7. The number of methoxy groups -OCH3 is 1. The molecule has 1 amide bonds. The minimum atomic E-state index is -0.889. The number of esters is 1. The Morgan fingerprint density at radius 1 is 1.18 bits per heavy atom. The Balaban J connectivity index is 2.09. The third-order valence-corrected chi connectivity index (χ3v) is 6.10. The normalized spacial score (nSPS) is 14.2. The summed E-state index contributed by atoms with van der Waals surface area (Å²) in [6.45, 7) is 3.47. The second-order valence-corrected chi connectivity index (χ2v) is 8.29. The highest BCUT2D eigenvalue weighted by Crippen LogP contribution is 2.41. The topological polar surface area (TPSA) is 105 Å². The Labute approximate surface area is 200 Å². The van der Waals surface area contributed by atoms with Gasteiger partial charge < -0.3 is 9.47 Å². The third kappa shape index (κ3) is 4.05. The number of fused-ring (bicyclic) bond motifs is 3. The average Bonchev–Trinajstić information content (AvgIpc) is 2.87. The van der Waals surface area contributed by atoms with E-state index in [0.717, 1.165) is 0 Å². The lowest BCUT2D eigenvalue weighted by atomic mass is 10.0. The molecule has 0 saturated carbocycles. The molecule has 0 aliphatic carbocycles. The number of nitrogens with one attached hydrogen (secondary N) is 1. The highest BCUT2D eigenvalue weighted by atomic mass is 32.2. The molecule has 1 N–H and O–H groups in total. The first kappa shape index (κ1) is 23.5. The van der Waals surface area contributed by atoms with Gasteiger partial charge in [0, 0.05) is 17.9 Å². The first-order chi connectivity index (χ1) is 16.4. The molecular weight excluding hydrogens is 456 g/mol. The second kappa shape index (κ2) is 9.68. The summed E-state index contributed by atoms with van der Waals surface area (Å²) in [6, 6.07) is 12.2. The van der Waals surface area contributed by atoms with Gasteiger partial charge in [0.15, 0.2) is 0 Å². The number of benzene rings is 2. The molecule has 4 rings (SSSR count). The summed E-state index contributed by atoms with van der Waals surface area (Å²) >= 11 is 1.27. The number of amides is 1. The fourth-order valence-corrected chi connectivity index (χ4v) is 4.29. The maximum atomic E-state index is 13.4. The monoisotopic (exact) mass is 481 g/mol. The Morgan fingerprint density at radius 2 is 1.94 bits per heavy atom. The van der Waals surface area contributed by atoms with E-state index in [-0.39, 0.29) is 30.1 Å². The van der Waals surface area contributed by atoms with Crippen molar-refractivity contribution in [2.24, 2.45) is 0 Å². The van der Waals surface area contributed by atoms with E-state index in [2.05, 4.69) is 10.1 Å². The van der Waals surface area contributed by atoms with Gasteiger partial charge in [-0.05, 0) is 41.3 Å². The van der Waals surface area contributed by atoms with E-state index in [1.54, 1.807) is 61.4 Å². The molecule has 2 aromatic carbocycles. The zero-order valence-corrected chi connectivity index (χ0v) is 20.1. The Hall–Kier alpha value is -3.66. The molecule has 3 aromatic rings. The quantitative estimate of drug-likeness (QED) is 0.250. The number of ether oxygens (including phenoxy) is 2. The molecule has 9 nitrogen and oxygen atoms in total. The van der Waals surface area contributed by atoms with Crippen LogP contribution in [-0.4, -0.2) is 35.3 Å². The van der Waals surface area contributed by atoms with E-state index >= 15 is 0 Å². The van der Waals surface area contributed by atoms with Crippen molar-refractivity contribution in [1.29, 1.82) is 0 Å². The van der Waals surface area contributed by atoms with Crippen molar-refractivity contribution in [3.8, 4) is 22.8 Å². The predicted molar refractivity (Wildman–Crippen MR) is 127 cm³/mol. The van der Waals surface area contributed by atoms with Gasteiger partial charge in [-0.2, -0.15) is 0 Å². The minimum Gasteiger partial charge on any atom is -0.497 e. The number of thioether (sulfide) groups is 1. The zero-order chi connectivity index (χ0) is 24.4. The number of H-pyrrole nitrogens is 1. The fourth-order valence-electron chi connectivity index (χ4n) is 3.93. The third-order valence-electron chi connectivity index (χ3n) is 5.53. The molecule has 0 spiro atoms. The lowest BCUT2D eigenvalue weighted by Crippen LogP contribution is -2.61. The van der Waals surface area contributed by atoms with Crippen LogP contribution in [0.15, 0.2) is 52.4 Å². The van der Waals surface area contributed by atoms with Crippen LogP contribution >= 0.6 is 11.8 Å². The van der Waals surface area contributed by atoms with Gasteiger partial charge in [0.05, 0.1) is 23.9 Å². The van der Waals surface area contributed by atoms with Gasteiger partial charge >= 0.3 is 17.2 Å². The summed E-state index contributed by atoms with van der Waals surface area (Å²) in [4.78, 5) is 43.2. The van der Waals surface area contributed by atoms with Crippen LogP contribution in [0.5, 0.6) is 11.5 Å². The summed E-state index contributed by atoms with van der Waals surface area (Å²) in [5.41, 5.74) is 1.58. The molecule has 1 aromatic heterocycles. The first-order valence-electron chi connectivity index (χ1n) is 10.8. The minimum absolute atomic E-state index is 0.175. The molecule has 10 heteroatoms. The van der Waals surface area contributed by atoms with Crippen LogP contribution in [0.1, 0.15) is 38.4 Å². The van der Waals surface area contributed by atoms with Crippen LogP contribution in [0, 0.1) is 0 Å². The highest BCUT2D eigenvalue weighted by molar-refractivity contribution is 7.98. The van der Waals surface area contributed by atoms with Crippen molar-refractivity contribution < 1.29 is 23.7 Å². The molecule has 1 aliphatic heterocycles. The summed E-state index contributed by atoms with van der Waals surface area (Å²) in [5.74, 6) is 0.159. The summed E-state index contributed by atoms with van der Waals surface area (Å²) < 4.78 is 12.6. The van der Waals surface area contributed by atoms with Gasteiger partial charge in [0.2, 0.25) is 11.1 Å². The molecule has 1 atom stereocenters. The number of aromatic nitrogens is 3. The van der Waals surface area contributed by atoms with Gasteiger partial charge in [0.25, 0.3) is 6.17 Å². The van der Waals surface area contributed by atoms with Crippen LogP contribution in [0.4, 0.5) is 5.69 Å². The van der Waals surface area contributed by atoms with E-state index in [9.17, 15) is 14.4 Å². The number of carbonyl (C=O) groups is 2. The Bertz CT molecular complexity index is 1320. The molecular formula is C24H25N4O5S+. The maximum Gasteiger partial charge on any atom is 0.325 e. The number of nitrogens with zero attached hydrogens (tertiary/aromatic N) is 3. The maximum absolute atomic E-state index is 13.4. The van der Waals surface area contributed by atoms with Crippen LogP contribution < -0.4 is 24.6 Å². The van der Waals surface area contributed by atoms with Crippen LogP contribution in [0.25, 0.3) is 11.3 Å². The first-order valence-corrected chi connectivity index (χ1v) is 12.1. The lowest BCUT2D eigenvalue weighted by molar-refractivity contribution is -0.763. The van der Waals surface area contributed by atoms with Crippen molar-refractivity contribution in [1.82, 2.24) is 10.1 Å². The van der Waals surface area contributed by atoms with Gasteiger partial charge in [-0.3, -0.25) is 19.4 Å². The van der Waals surface area contributed by atoms with E-state index in [1.165, 1.54) is 23.6 Å². The van der Waals surface area contributed by atoms with Crippen molar-refractivity contribution >= 4 is 29.3 Å². The van der Waals surface area contributed by atoms with Gasteiger partial charge in [-0.1, -0.05) is 37.7 Å². The predicted octanol–water partition coefficient (Wildman–Crippen LogP) is 3.07. The molecule has 176 valence electrons. The van der Waals surface area contributed by atoms with Crippen molar-refractivity contribution in [2.75, 3.05) is 18.3 Å². The summed E-state index contributed by atoms with van der Waals surface area (Å²) in [6.07, 6.45) is 1.30. The standard InChI is InChI=1S/C24H24N4O5S/c1-5-19(29)27-17-10-8-7-9-15(17)21-22(31)25-24(34-4)26-28(21)23(27)16-13-14(32-3)11-12-18(16)33-20(30)6-2/h7-13,23H,5-6H2,1-4H3/p+1. The average molecular weight is 482 g/mol. The largest absolute Gasteiger partial charge is 0.497 e. The number of hydrogen-bond donors (Lipinski definition) is 1. The molecule has 1 aliphatic rings. The van der Waals surface area contributed by atoms with E-state index in [0.29, 0.717) is 33.4 Å². The smallest absolute Gasteiger partial charge is 0.325 e. The van der Waals surface area contributed by atoms with E-state index in [4.69, 9.17) is 9.47 Å². The van der Waals surface area contributed by atoms with Crippen molar-refractivity contribution in [2.45, 2.75) is 38.0 Å². The van der Waals surface area contributed by atoms with E-state index in [1.807, 2.05) is 6.07 Å². The number of rotatable bonds is 6. The molecule has 0 fully saturated rings.